The number of aromatic amines is 1. The van der Waals surface area contributed by atoms with Crippen LogP contribution in [0.15, 0.2) is 61.4 Å². The molecule has 0 saturated carbocycles. The van der Waals surface area contributed by atoms with Gasteiger partial charge in [-0.2, -0.15) is 14.6 Å². The molecule has 2 aliphatic rings. The molecule has 4 aromatic rings. The van der Waals surface area contributed by atoms with Crippen LogP contribution in [0.4, 0.5) is 11.6 Å². The van der Waals surface area contributed by atoms with Crippen molar-refractivity contribution in [3.05, 3.63) is 67.0 Å². The molecular weight excluding hydrogens is 512 g/mol. The van der Waals surface area contributed by atoms with Crippen LogP contribution in [0.25, 0.3) is 16.8 Å². The predicted octanol–water partition coefficient (Wildman–Crippen LogP) is 3.13. The molecule has 2 unspecified atom stereocenters. The number of amides is 2. The van der Waals surface area contributed by atoms with Gasteiger partial charge in [0.05, 0.1) is 19.4 Å². The molecule has 3 aromatic heterocycles. The van der Waals surface area contributed by atoms with Crippen LogP contribution in [-0.2, 0) is 9.53 Å². The Balaban J connectivity index is 1.18. The highest BCUT2D eigenvalue weighted by molar-refractivity contribution is 5.99. The molecule has 0 bridgehead atoms. The molecule has 5 heterocycles. The number of aromatic nitrogens is 5. The van der Waals surface area contributed by atoms with Crippen molar-refractivity contribution in [2.75, 3.05) is 36.9 Å². The summed E-state index contributed by atoms with van der Waals surface area (Å²) < 4.78 is 13.6. The lowest BCUT2D eigenvalue weighted by Crippen LogP contribution is -2.45. The molecule has 2 atom stereocenters. The number of fused-ring (bicyclic) bond motifs is 1. The average Bonchev–Trinajstić information content (AvgIpc) is 3.76. The number of benzene rings is 1. The maximum atomic E-state index is 13.2. The Kier molecular flexibility index (Phi) is 7.15. The molecule has 6 rings (SSSR count). The topological polar surface area (TPSA) is 139 Å². The molecule has 2 saturated heterocycles. The normalized spacial score (nSPS) is 18.9. The Morgan fingerprint density at radius 2 is 2.05 bits per heavy atom. The van der Waals surface area contributed by atoms with E-state index in [0.717, 1.165) is 30.4 Å². The Morgan fingerprint density at radius 3 is 2.80 bits per heavy atom. The summed E-state index contributed by atoms with van der Waals surface area (Å²) in [7, 11) is 0. The van der Waals surface area contributed by atoms with Crippen molar-refractivity contribution in [1.82, 2.24) is 29.7 Å². The fourth-order valence-electron chi connectivity index (χ4n) is 5.01. The lowest BCUT2D eigenvalue weighted by molar-refractivity contribution is -0.111. The number of carbonyl (C=O) groups excluding carboxylic acids is 2. The third kappa shape index (κ3) is 5.38. The zero-order valence-corrected chi connectivity index (χ0v) is 21.9. The minimum absolute atomic E-state index is 0.0118. The van der Waals surface area contributed by atoms with Crippen molar-refractivity contribution < 1.29 is 19.1 Å². The summed E-state index contributed by atoms with van der Waals surface area (Å²) in [6, 6.07) is 10.7. The summed E-state index contributed by atoms with van der Waals surface area (Å²) in [5.74, 6) is 0.699. The molecule has 0 spiro atoms. The predicted molar refractivity (Wildman–Crippen MR) is 148 cm³/mol. The first kappa shape index (κ1) is 25.6. The van der Waals surface area contributed by atoms with Crippen LogP contribution in [0, 0.1) is 0 Å². The summed E-state index contributed by atoms with van der Waals surface area (Å²) in [5, 5.41) is 17.8. The molecule has 206 valence electrons. The molecule has 2 fully saturated rings. The van der Waals surface area contributed by atoms with Crippen LogP contribution < -0.4 is 15.4 Å². The van der Waals surface area contributed by atoms with Gasteiger partial charge in [0.15, 0.2) is 5.65 Å². The smallest absolute Gasteiger partial charge is 0.253 e. The number of carbonyl (C=O) groups is 2. The molecule has 40 heavy (non-hydrogen) atoms. The van der Waals surface area contributed by atoms with Gasteiger partial charge in [-0.3, -0.25) is 14.7 Å². The molecule has 2 amide bonds. The summed E-state index contributed by atoms with van der Waals surface area (Å²) in [6.45, 7) is 5.83. The van der Waals surface area contributed by atoms with Crippen LogP contribution in [0.1, 0.15) is 29.6 Å². The van der Waals surface area contributed by atoms with E-state index in [4.69, 9.17) is 19.6 Å². The number of nitrogens with zero attached hydrogens (tertiary/aromatic N) is 5. The van der Waals surface area contributed by atoms with E-state index in [2.05, 4.69) is 27.4 Å². The van der Waals surface area contributed by atoms with Gasteiger partial charge in [-0.1, -0.05) is 6.58 Å². The number of hydrogen-bond donors (Lipinski definition) is 3. The fourth-order valence-corrected chi connectivity index (χ4v) is 5.01. The lowest BCUT2D eigenvalue weighted by atomic mass is 10.0. The largest absolute Gasteiger partial charge is 0.471 e. The van der Waals surface area contributed by atoms with Gasteiger partial charge in [0.25, 0.3) is 5.91 Å². The van der Waals surface area contributed by atoms with Crippen LogP contribution in [-0.4, -0.2) is 80.0 Å². The lowest BCUT2D eigenvalue weighted by Gasteiger charge is -2.33. The molecule has 2 aliphatic heterocycles. The van der Waals surface area contributed by atoms with Gasteiger partial charge < -0.3 is 25.0 Å². The highest BCUT2D eigenvalue weighted by Gasteiger charge is 2.27. The Hall–Kier alpha value is -4.71. The second-order valence-electron chi connectivity index (χ2n) is 9.85. The van der Waals surface area contributed by atoms with E-state index in [9.17, 15) is 9.59 Å². The number of rotatable bonds is 8. The number of pyridine rings is 1. The van der Waals surface area contributed by atoms with Crippen molar-refractivity contribution in [2.45, 2.75) is 31.4 Å². The Morgan fingerprint density at radius 1 is 1.18 bits per heavy atom. The van der Waals surface area contributed by atoms with Crippen molar-refractivity contribution >= 4 is 29.1 Å². The van der Waals surface area contributed by atoms with Crippen LogP contribution in [0.2, 0.25) is 0 Å². The Bertz CT molecular complexity index is 1510. The minimum Gasteiger partial charge on any atom is -0.471 e. The molecule has 0 aliphatic carbocycles. The maximum Gasteiger partial charge on any atom is 0.253 e. The standard InChI is InChI=1S/C28H30N8O4/c1-2-25(37)31-20-7-5-18(6-8-20)26(38)35-12-3-4-21(16-35)32-28-33-24-10-9-23(19-14-29-30-15-19)27(36(24)34-28)40-22-11-13-39-17-22/h2,5-10,14-15,21-22H,1,3-4,11-13,16-17H2,(H,29,30)(H,31,37)(H,32,34). The van der Waals surface area contributed by atoms with Crippen molar-refractivity contribution in [2.24, 2.45) is 0 Å². The van der Waals surface area contributed by atoms with Crippen molar-refractivity contribution in [1.29, 1.82) is 0 Å². The molecular formula is C28H30N8O4. The summed E-state index contributed by atoms with van der Waals surface area (Å²) in [6.07, 6.45) is 7.23. The van der Waals surface area contributed by atoms with E-state index in [1.807, 2.05) is 23.2 Å². The van der Waals surface area contributed by atoms with Gasteiger partial charge in [-0.25, -0.2) is 0 Å². The van der Waals surface area contributed by atoms with Gasteiger partial charge in [0.1, 0.15) is 6.10 Å². The zero-order valence-electron chi connectivity index (χ0n) is 21.9. The maximum absolute atomic E-state index is 13.2. The number of likely N-dealkylation sites (tertiary alicyclic amines) is 1. The first-order chi connectivity index (χ1) is 19.6. The van der Waals surface area contributed by atoms with Crippen molar-refractivity contribution in [3.63, 3.8) is 0 Å². The van der Waals surface area contributed by atoms with E-state index in [1.165, 1.54) is 6.08 Å². The van der Waals surface area contributed by atoms with Crippen molar-refractivity contribution in [3.8, 4) is 17.0 Å². The van der Waals surface area contributed by atoms with Gasteiger partial charge in [-0.15, -0.1) is 5.10 Å². The summed E-state index contributed by atoms with van der Waals surface area (Å²) in [5.41, 5.74) is 3.56. The van der Waals surface area contributed by atoms with E-state index in [0.29, 0.717) is 55.0 Å². The monoisotopic (exact) mass is 542 g/mol. The number of hydrogen-bond acceptors (Lipinski definition) is 8. The van der Waals surface area contributed by atoms with E-state index >= 15 is 0 Å². The number of anilines is 2. The second kappa shape index (κ2) is 11.2. The first-order valence-corrected chi connectivity index (χ1v) is 13.3. The van der Waals surface area contributed by atoms with Crippen LogP contribution in [0.5, 0.6) is 5.88 Å². The van der Waals surface area contributed by atoms with E-state index in [1.54, 1.807) is 35.0 Å². The van der Waals surface area contributed by atoms with Gasteiger partial charge in [0.2, 0.25) is 17.7 Å². The van der Waals surface area contributed by atoms with Crippen LogP contribution in [0.3, 0.4) is 0 Å². The minimum atomic E-state index is -0.298. The summed E-state index contributed by atoms with van der Waals surface area (Å²) in [4.78, 5) is 31.3. The van der Waals surface area contributed by atoms with Gasteiger partial charge >= 0.3 is 0 Å². The second-order valence-corrected chi connectivity index (χ2v) is 9.85. The molecule has 3 N–H and O–H groups in total. The molecule has 0 radical (unpaired) electrons. The van der Waals surface area contributed by atoms with E-state index < -0.39 is 0 Å². The number of H-pyrrole nitrogens is 1. The third-order valence-corrected chi connectivity index (χ3v) is 7.06. The summed E-state index contributed by atoms with van der Waals surface area (Å²) >= 11 is 0. The van der Waals surface area contributed by atoms with E-state index in [-0.39, 0.29) is 24.0 Å². The molecule has 12 heteroatoms. The number of ether oxygens (including phenoxy) is 2. The molecule has 12 nitrogen and oxygen atoms in total. The number of nitrogens with one attached hydrogen (secondary N) is 3. The third-order valence-electron chi connectivity index (χ3n) is 7.06. The first-order valence-electron chi connectivity index (χ1n) is 13.3. The highest BCUT2D eigenvalue weighted by atomic mass is 16.6. The van der Waals surface area contributed by atoms with Gasteiger partial charge in [0, 0.05) is 54.1 Å². The molecule has 1 aromatic carbocycles. The average molecular weight is 543 g/mol. The number of piperidine rings is 1. The van der Waals surface area contributed by atoms with Gasteiger partial charge in [-0.05, 0) is 55.3 Å². The SMILES string of the molecule is C=CC(=O)Nc1ccc(C(=O)N2CCCC(Nc3nc4ccc(-c5cn[nH]c5)c(OC5CCOC5)n4n3)C2)cc1. The zero-order chi connectivity index (χ0) is 27.5. The quantitative estimate of drug-likeness (QED) is 0.289. The fraction of sp³-hybridized carbons (Fsp3) is 0.321. The highest BCUT2D eigenvalue weighted by Crippen LogP contribution is 2.32. The van der Waals surface area contributed by atoms with Crippen LogP contribution >= 0.6 is 0 Å². The Labute approximate surface area is 230 Å².